The Morgan fingerprint density at radius 3 is 2.68 bits per heavy atom. The summed E-state index contributed by atoms with van der Waals surface area (Å²) < 4.78 is 3.03. The second kappa shape index (κ2) is 5.45. The monoisotopic (exact) mass is 315 g/mol. The van der Waals surface area contributed by atoms with Gasteiger partial charge in [0, 0.05) is 24.8 Å². The Bertz CT molecular complexity index is 676. The summed E-state index contributed by atoms with van der Waals surface area (Å²) in [6, 6.07) is 16.3. The van der Waals surface area contributed by atoms with Crippen molar-refractivity contribution in [1.82, 2.24) is 9.38 Å². The maximum atomic E-state index is 4.56. The zero-order valence-corrected chi connectivity index (χ0v) is 12.0. The van der Waals surface area contributed by atoms with Crippen molar-refractivity contribution in [1.29, 1.82) is 0 Å². The smallest absolute Gasteiger partial charge is 0.132 e. The number of nitrogens with one attached hydrogen (secondary N) is 1. The van der Waals surface area contributed by atoms with Crippen LogP contribution in [0.15, 0.2) is 59.3 Å². The second-order valence-electron chi connectivity index (χ2n) is 4.32. The summed E-state index contributed by atoms with van der Waals surface area (Å²) in [5.41, 5.74) is 2.25. The van der Waals surface area contributed by atoms with Gasteiger partial charge in [0.2, 0.25) is 0 Å². The summed E-state index contributed by atoms with van der Waals surface area (Å²) in [7, 11) is 0. The van der Waals surface area contributed by atoms with E-state index >= 15 is 0 Å². The molecule has 3 nitrogen and oxygen atoms in total. The van der Waals surface area contributed by atoms with Crippen molar-refractivity contribution < 1.29 is 0 Å². The molecule has 1 aromatic carbocycles. The Labute approximate surface area is 120 Å². The van der Waals surface area contributed by atoms with Crippen LogP contribution in [-0.4, -0.2) is 15.9 Å². The van der Waals surface area contributed by atoms with Gasteiger partial charge in [0.25, 0.3) is 0 Å². The molecule has 3 aromatic rings. The SMILES string of the molecule is Brc1nc(CCNc2ccccc2)n2ccccc12. The van der Waals surface area contributed by atoms with E-state index < -0.39 is 0 Å². The minimum absolute atomic E-state index is 0.866. The highest BCUT2D eigenvalue weighted by Crippen LogP contribution is 2.18. The summed E-state index contributed by atoms with van der Waals surface area (Å²) in [4.78, 5) is 4.56. The minimum Gasteiger partial charge on any atom is -0.385 e. The molecular weight excluding hydrogens is 302 g/mol. The van der Waals surface area contributed by atoms with Crippen LogP contribution in [0, 0.1) is 0 Å². The maximum absolute atomic E-state index is 4.56. The highest BCUT2D eigenvalue weighted by Gasteiger charge is 2.07. The molecular formula is C15H14BrN3. The van der Waals surface area contributed by atoms with Gasteiger partial charge >= 0.3 is 0 Å². The largest absolute Gasteiger partial charge is 0.385 e. The highest BCUT2D eigenvalue weighted by molar-refractivity contribution is 9.10. The fourth-order valence-electron chi connectivity index (χ4n) is 2.11. The number of hydrogen-bond acceptors (Lipinski definition) is 2. The molecule has 0 aliphatic carbocycles. The topological polar surface area (TPSA) is 29.3 Å². The Morgan fingerprint density at radius 2 is 1.84 bits per heavy atom. The van der Waals surface area contributed by atoms with Crippen LogP contribution in [0.25, 0.3) is 5.52 Å². The third-order valence-corrected chi connectivity index (χ3v) is 3.61. The number of imidazole rings is 1. The molecule has 0 radical (unpaired) electrons. The molecule has 2 heterocycles. The molecule has 19 heavy (non-hydrogen) atoms. The van der Waals surface area contributed by atoms with Crippen LogP contribution in [-0.2, 0) is 6.42 Å². The van der Waals surface area contributed by atoms with Crippen molar-refractivity contribution >= 4 is 27.1 Å². The first-order chi connectivity index (χ1) is 9.34. The van der Waals surface area contributed by atoms with Gasteiger partial charge in [-0.1, -0.05) is 24.3 Å². The van der Waals surface area contributed by atoms with Gasteiger partial charge in [-0.2, -0.15) is 0 Å². The van der Waals surface area contributed by atoms with Crippen molar-refractivity contribution in [3.63, 3.8) is 0 Å². The number of benzene rings is 1. The zero-order valence-electron chi connectivity index (χ0n) is 10.4. The molecule has 3 rings (SSSR count). The van der Waals surface area contributed by atoms with Crippen LogP contribution in [0.3, 0.4) is 0 Å². The number of pyridine rings is 1. The fraction of sp³-hybridized carbons (Fsp3) is 0.133. The Balaban J connectivity index is 1.72. The van der Waals surface area contributed by atoms with E-state index in [4.69, 9.17) is 0 Å². The van der Waals surface area contributed by atoms with Crippen LogP contribution < -0.4 is 5.32 Å². The van der Waals surface area contributed by atoms with E-state index in [-0.39, 0.29) is 0 Å². The molecule has 0 unspecified atom stereocenters. The lowest BCUT2D eigenvalue weighted by Gasteiger charge is -2.05. The van der Waals surface area contributed by atoms with E-state index in [1.165, 1.54) is 0 Å². The molecule has 4 heteroatoms. The van der Waals surface area contributed by atoms with Crippen molar-refractivity contribution in [2.75, 3.05) is 11.9 Å². The van der Waals surface area contributed by atoms with Gasteiger partial charge in [0.15, 0.2) is 0 Å². The molecule has 2 aromatic heterocycles. The number of aromatic nitrogens is 2. The van der Waals surface area contributed by atoms with Crippen molar-refractivity contribution in [3.8, 4) is 0 Å². The average Bonchev–Trinajstić information content (AvgIpc) is 2.78. The Morgan fingerprint density at radius 1 is 1.05 bits per heavy atom. The lowest BCUT2D eigenvalue weighted by Crippen LogP contribution is -2.07. The lowest BCUT2D eigenvalue weighted by atomic mass is 10.3. The number of nitrogens with zero attached hydrogens (tertiary/aromatic N) is 2. The first-order valence-corrected chi connectivity index (χ1v) is 7.04. The van der Waals surface area contributed by atoms with Gasteiger partial charge in [-0.3, -0.25) is 0 Å². The standard InChI is InChI=1S/C15H14BrN3/c16-15-13-8-4-5-11-19(13)14(18-15)9-10-17-12-6-2-1-3-7-12/h1-8,11,17H,9-10H2. The van der Waals surface area contributed by atoms with Crippen LogP contribution in [0.4, 0.5) is 5.69 Å². The molecule has 0 amide bonds. The summed E-state index contributed by atoms with van der Waals surface area (Å²) in [6.07, 6.45) is 2.93. The molecule has 0 bridgehead atoms. The molecule has 0 saturated carbocycles. The normalized spacial score (nSPS) is 10.8. The number of anilines is 1. The molecule has 1 N–H and O–H groups in total. The summed E-state index contributed by atoms with van der Waals surface area (Å²) in [5.74, 6) is 1.06. The first kappa shape index (κ1) is 12.2. The van der Waals surface area contributed by atoms with E-state index in [2.05, 4.69) is 48.8 Å². The zero-order chi connectivity index (χ0) is 13.1. The predicted molar refractivity (Wildman–Crippen MR) is 81.5 cm³/mol. The van der Waals surface area contributed by atoms with Crippen LogP contribution in [0.2, 0.25) is 0 Å². The predicted octanol–water partition coefficient (Wildman–Crippen LogP) is 3.75. The van der Waals surface area contributed by atoms with Crippen LogP contribution in [0.1, 0.15) is 5.82 Å². The summed E-state index contributed by atoms with van der Waals surface area (Å²) in [6.45, 7) is 0.866. The number of halogens is 1. The van der Waals surface area contributed by atoms with Gasteiger partial charge in [0.1, 0.15) is 10.4 Å². The minimum atomic E-state index is 0.866. The van der Waals surface area contributed by atoms with Gasteiger partial charge in [0.05, 0.1) is 5.52 Å². The lowest BCUT2D eigenvalue weighted by molar-refractivity contribution is 0.887. The molecule has 0 aliphatic rings. The average molecular weight is 316 g/mol. The third kappa shape index (κ3) is 2.63. The van der Waals surface area contributed by atoms with E-state index in [1.54, 1.807) is 0 Å². The summed E-state index contributed by atoms with van der Waals surface area (Å²) in [5, 5.41) is 3.40. The number of hydrogen-bond donors (Lipinski definition) is 1. The van der Waals surface area contributed by atoms with Gasteiger partial charge < -0.3 is 9.72 Å². The number of para-hydroxylation sites is 1. The highest BCUT2D eigenvalue weighted by atomic mass is 79.9. The number of rotatable bonds is 4. The van der Waals surface area contributed by atoms with Crippen molar-refractivity contribution in [2.45, 2.75) is 6.42 Å². The molecule has 0 spiro atoms. The molecule has 0 aliphatic heterocycles. The molecule has 0 saturated heterocycles. The van der Waals surface area contributed by atoms with E-state index in [0.29, 0.717) is 0 Å². The van der Waals surface area contributed by atoms with E-state index in [9.17, 15) is 0 Å². The van der Waals surface area contributed by atoms with Crippen LogP contribution in [0.5, 0.6) is 0 Å². The van der Waals surface area contributed by atoms with Gasteiger partial charge in [-0.25, -0.2) is 4.98 Å². The molecule has 0 fully saturated rings. The first-order valence-electron chi connectivity index (χ1n) is 6.25. The van der Waals surface area contributed by atoms with Gasteiger partial charge in [-0.05, 0) is 40.2 Å². The molecule has 96 valence electrons. The van der Waals surface area contributed by atoms with Gasteiger partial charge in [-0.15, -0.1) is 0 Å². The summed E-state index contributed by atoms with van der Waals surface area (Å²) >= 11 is 3.50. The fourth-order valence-corrected chi connectivity index (χ4v) is 2.64. The quantitative estimate of drug-likeness (QED) is 0.794. The van der Waals surface area contributed by atoms with Crippen LogP contribution >= 0.6 is 15.9 Å². The van der Waals surface area contributed by atoms with Crippen molar-refractivity contribution in [2.24, 2.45) is 0 Å². The number of fused-ring (bicyclic) bond motifs is 1. The van der Waals surface area contributed by atoms with E-state index in [1.807, 2.05) is 36.5 Å². The Kier molecular flexibility index (Phi) is 3.51. The third-order valence-electron chi connectivity index (χ3n) is 3.03. The van der Waals surface area contributed by atoms with E-state index in [0.717, 1.165) is 34.6 Å². The van der Waals surface area contributed by atoms with Crippen molar-refractivity contribution in [3.05, 3.63) is 65.2 Å². The Hall–Kier alpha value is -1.81. The molecule has 0 atom stereocenters. The second-order valence-corrected chi connectivity index (χ2v) is 5.07. The maximum Gasteiger partial charge on any atom is 0.132 e.